The highest BCUT2D eigenvalue weighted by Gasteiger charge is 2.16. The van der Waals surface area contributed by atoms with E-state index in [-0.39, 0.29) is 5.91 Å². The van der Waals surface area contributed by atoms with Crippen molar-refractivity contribution in [1.29, 1.82) is 0 Å². The molecule has 1 rings (SSSR count). The Morgan fingerprint density at radius 1 is 1.15 bits per heavy atom. The monoisotopic (exact) mass is 299 g/mol. The molecule has 0 unspecified atom stereocenters. The van der Waals surface area contributed by atoms with E-state index in [2.05, 4.69) is 5.32 Å². The van der Waals surface area contributed by atoms with Gasteiger partial charge in [0.15, 0.2) is 11.5 Å². The van der Waals surface area contributed by atoms with Crippen molar-refractivity contribution in [2.75, 3.05) is 39.9 Å². The molecule has 1 aromatic carbocycles. The number of hydrogen-bond donors (Lipinski definition) is 1. The summed E-state index contributed by atoms with van der Waals surface area (Å²) >= 11 is 1.76. The number of hydrogen-bond acceptors (Lipinski definition) is 5. The van der Waals surface area contributed by atoms with Gasteiger partial charge in [0.25, 0.3) is 5.91 Å². The zero-order chi connectivity index (χ0) is 15.0. The maximum absolute atomic E-state index is 12.1. The number of carbonyl (C=O) groups is 1. The van der Waals surface area contributed by atoms with Crippen molar-refractivity contribution in [1.82, 2.24) is 5.32 Å². The number of amides is 1. The number of carbonyl (C=O) groups excluding carboxylic acids is 1. The van der Waals surface area contributed by atoms with E-state index < -0.39 is 0 Å². The van der Waals surface area contributed by atoms with Gasteiger partial charge in [0, 0.05) is 12.1 Å². The van der Waals surface area contributed by atoms with Gasteiger partial charge in [-0.05, 0) is 30.6 Å². The number of thioether (sulfide) groups is 1. The van der Waals surface area contributed by atoms with Gasteiger partial charge >= 0.3 is 0 Å². The maximum Gasteiger partial charge on any atom is 0.251 e. The van der Waals surface area contributed by atoms with Crippen molar-refractivity contribution in [2.24, 2.45) is 0 Å². The molecule has 0 aliphatic carbocycles. The molecule has 1 aromatic rings. The van der Waals surface area contributed by atoms with E-state index in [1.165, 1.54) is 21.3 Å². The van der Waals surface area contributed by atoms with Crippen molar-refractivity contribution in [3.63, 3.8) is 0 Å². The predicted octanol–water partition coefficient (Wildman–Crippen LogP) is 2.20. The van der Waals surface area contributed by atoms with Crippen LogP contribution in [0.1, 0.15) is 16.8 Å². The van der Waals surface area contributed by atoms with Crippen molar-refractivity contribution in [3.05, 3.63) is 17.7 Å². The van der Waals surface area contributed by atoms with Crippen LogP contribution in [0.4, 0.5) is 0 Å². The minimum Gasteiger partial charge on any atom is -0.493 e. The molecule has 0 radical (unpaired) electrons. The van der Waals surface area contributed by atoms with E-state index in [0.717, 1.165) is 12.2 Å². The number of rotatable bonds is 8. The largest absolute Gasteiger partial charge is 0.493 e. The molecule has 0 heterocycles. The highest BCUT2D eigenvalue weighted by molar-refractivity contribution is 7.98. The molecule has 0 aliphatic rings. The number of benzene rings is 1. The first kappa shape index (κ1) is 16.5. The summed E-state index contributed by atoms with van der Waals surface area (Å²) in [5.74, 6) is 2.30. The molecular formula is C14H21NO4S. The lowest BCUT2D eigenvalue weighted by molar-refractivity contribution is 0.0953. The Hall–Kier alpha value is -1.56. The second-order valence-corrected chi connectivity index (χ2v) is 5.00. The molecule has 0 aliphatic heterocycles. The topological polar surface area (TPSA) is 56.8 Å². The van der Waals surface area contributed by atoms with Gasteiger partial charge in [-0.1, -0.05) is 0 Å². The summed E-state index contributed by atoms with van der Waals surface area (Å²) < 4.78 is 15.7. The van der Waals surface area contributed by atoms with E-state index in [0.29, 0.717) is 29.4 Å². The Morgan fingerprint density at radius 3 is 2.20 bits per heavy atom. The normalized spacial score (nSPS) is 10.0. The molecule has 6 heteroatoms. The second kappa shape index (κ2) is 8.58. The molecule has 5 nitrogen and oxygen atoms in total. The van der Waals surface area contributed by atoms with Crippen molar-refractivity contribution in [2.45, 2.75) is 6.42 Å². The minimum absolute atomic E-state index is 0.148. The average Bonchev–Trinajstić information content (AvgIpc) is 2.49. The zero-order valence-corrected chi connectivity index (χ0v) is 13.1. The van der Waals surface area contributed by atoms with Gasteiger partial charge in [0.2, 0.25) is 5.75 Å². The van der Waals surface area contributed by atoms with Crippen LogP contribution in [0.2, 0.25) is 0 Å². The second-order valence-electron chi connectivity index (χ2n) is 4.02. The molecule has 112 valence electrons. The smallest absolute Gasteiger partial charge is 0.251 e. The van der Waals surface area contributed by atoms with Crippen molar-refractivity contribution in [3.8, 4) is 17.2 Å². The quantitative estimate of drug-likeness (QED) is 0.746. The van der Waals surface area contributed by atoms with Crippen molar-refractivity contribution < 1.29 is 19.0 Å². The Morgan fingerprint density at radius 2 is 1.75 bits per heavy atom. The summed E-state index contributed by atoms with van der Waals surface area (Å²) in [6, 6.07) is 3.29. The van der Waals surface area contributed by atoms with Crippen LogP contribution in [0.15, 0.2) is 12.1 Å². The Balaban J connectivity index is 2.86. The van der Waals surface area contributed by atoms with Crippen LogP contribution in [0, 0.1) is 0 Å². The Labute approximate surface area is 124 Å². The van der Waals surface area contributed by atoms with Crippen LogP contribution in [0.3, 0.4) is 0 Å². The van der Waals surface area contributed by atoms with Crippen LogP contribution in [-0.2, 0) is 0 Å². The third-order valence-corrected chi connectivity index (χ3v) is 3.43. The molecule has 0 aromatic heterocycles. The van der Waals surface area contributed by atoms with Crippen LogP contribution >= 0.6 is 11.8 Å². The van der Waals surface area contributed by atoms with Gasteiger partial charge in [-0.25, -0.2) is 0 Å². The fourth-order valence-electron chi connectivity index (χ4n) is 1.73. The predicted molar refractivity (Wildman–Crippen MR) is 81.4 cm³/mol. The van der Waals surface area contributed by atoms with Gasteiger partial charge in [-0.2, -0.15) is 11.8 Å². The summed E-state index contributed by atoms with van der Waals surface area (Å²) in [6.07, 6.45) is 2.98. The van der Waals surface area contributed by atoms with Crippen LogP contribution in [0.25, 0.3) is 0 Å². The zero-order valence-electron chi connectivity index (χ0n) is 12.3. The standard InChI is InChI=1S/C14H21NO4S/c1-17-11-8-10(9-12(18-2)13(11)19-3)14(16)15-6-5-7-20-4/h8-9H,5-7H2,1-4H3,(H,15,16). The fourth-order valence-corrected chi connectivity index (χ4v) is 2.17. The van der Waals surface area contributed by atoms with Gasteiger partial charge in [0.1, 0.15) is 0 Å². The van der Waals surface area contributed by atoms with E-state index in [9.17, 15) is 4.79 Å². The van der Waals surface area contributed by atoms with E-state index in [1.54, 1.807) is 23.9 Å². The molecule has 0 fully saturated rings. The van der Waals surface area contributed by atoms with Gasteiger partial charge in [-0.3, -0.25) is 4.79 Å². The van der Waals surface area contributed by atoms with E-state index >= 15 is 0 Å². The summed E-state index contributed by atoms with van der Waals surface area (Å²) in [5, 5.41) is 2.87. The van der Waals surface area contributed by atoms with E-state index in [4.69, 9.17) is 14.2 Å². The van der Waals surface area contributed by atoms with Crippen molar-refractivity contribution >= 4 is 17.7 Å². The summed E-state index contributed by atoms with van der Waals surface area (Å²) in [4.78, 5) is 12.1. The summed E-state index contributed by atoms with van der Waals surface area (Å²) in [6.45, 7) is 0.649. The molecule has 1 N–H and O–H groups in total. The lowest BCUT2D eigenvalue weighted by atomic mass is 10.1. The molecular weight excluding hydrogens is 278 g/mol. The third-order valence-electron chi connectivity index (χ3n) is 2.74. The summed E-state index contributed by atoms with van der Waals surface area (Å²) in [5.41, 5.74) is 0.489. The molecule has 0 saturated heterocycles. The summed E-state index contributed by atoms with van der Waals surface area (Å²) in [7, 11) is 4.58. The first-order valence-corrected chi connectivity index (χ1v) is 7.64. The SMILES string of the molecule is COc1cc(C(=O)NCCCSC)cc(OC)c1OC. The van der Waals surface area contributed by atoms with Gasteiger partial charge < -0.3 is 19.5 Å². The number of methoxy groups -OCH3 is 3. The minimum atomic E-state index is -0.148. The Bertz CT molecular complexity index is 426. The number of nitrogens with one attached hydrogen (secondary N) is 1. The highest BCUT2D eigenvalue weighted by atomic mass is 32.2. The molecule has 0 bridgehead atoms. The molecule has 0 spiro atoms. The first-order valence-electron chi connectivity index (χ1n) is 6.25. The fraction of sp³-hybridized carbons (Fsp3) is 0.500. The molecule has 0 saturated carbocycles. The van der Waals surface area contributed by atoms with Gasteiger partial charge in [0.05, 0.1) is 21.3 Å². The van der Waals surface area contributed by atoms with Crippen LogP contribution in [0.5, 0.6) is 17.2 Å². The lowest BCUT2D eigenvalue weighted by Crippen LogP contribution is -2.24. The van der Waals surface area contributed by atoms with Crippen LogP contribution < -0.4 is 19.5 Å². The van der Waals surface area contributed by atoms with Crippen LogP contribution in [-0.4, -0.2) is 45.8 Å². The Kier molecular flexibility index (Phi) is 7.08. The third kappa shape index (κ3) is 4.23. The molecule has 1 amide bonds. The number of ether oxygens (including phenoxy) is 3. The lowest BCUT2D eigenvalue weighted by Gasteiger charge is -2.14. The molecule has 20 heavy (non-hydrogen) atoms. The molecule has 0 atom stereocenters. The van der Waals surface area contributed by atoms with E-state index in [1.807, 2.05) is 6.26 Å². The highest BCUT2D eigenvalue weighted by Crippen LogP contribution is 2.38. The first-order chi connectivity index (χ1) is 9.67. The maximum atomic E-state index is 12.1. The average molecular weight is 299 g/mol. The van der Waals surface area contributed by atoms with Gasteiger partial charge in [-0.15, -0.1) is 0 Å².